The molecule has 0 atom stereocenters. The molecule has 0 heterocycles. The Morgan fingerprint density at radius 2 is 1.34 bits per heavy atom. The lowest BCUT2D eigenvalue weighted by Gasteiger charge is -2.09. The molecule has 148 valence electrons. The molecule has 0 aliphatic heterocycles. The molecule has 0 aliphatic rings. The quantitative estimate of drug-likeness (QED) is 0.587. The van der Waals surface area contributed by atoms with Crippen LogP contribution in [0.3, 0.4) is 0 Å². The summed E-state index contributed by atoms with van der Waals surface area (Å²) in [4.78, 5) is 24.1. The first-order valence-corrected chi connectivity index (χ1v) is 9.56. The normalized spacial score (nSPS) is 10.2. The highest BCUT2D eigenvalue weighted by atomic mass is 16.5. The van der Waals surface area contributed by atoms with Crippen molar-refractivity contribution >= 4 is 11.8 Å². The van der Waals surface area contributed by atoms with Crippen LogP contribution in [0, 0.1) is 0 Å². The molecule has 2 amide bonds. The maximum Gasteiger partial charge on any atom is 0.251 e. The molecule has 0 radical (unpaired) electrons. The van der Waals surface area contributed by atoms with E-state index in [1.165, 1.54) is 0 Å². The lowest BCUT2D eigenvalue weighted by Crippen LogP contribution is -2.30. The van der Waals surface area contributed by atoms with Crippen LogP contribution in [0.1, 0.15) is 27.9 Å². The number of carbonyl (C=O) groups excluding carboxylic acids is 2. The van der Waals surface area contributed by atoms with Crippen LogP contribution >= 0.6 is 0 Å². The van der Waals surface area contributed by atoms with Crippen molar-refractivity contribution in [2.24, 2.45) is 0 Å². The lowest BCUT2D eigenvalue weighted by atomic mass is 10.2. The van der Waals surface area contributed by atoms with E-state index in [1.54, 1.807) is 24.3 Å². The Labute approximate surface area is 170 Å². The van der Waals surface area contributed by atoms with Crippen LogP contribution in [0.15, 0.2) is 84.9 Å². The zero-order valence-electron chi connectivity index (χ0n) is 16.1. The summed E-state index contributed by atoms with van der Waals surface area (Å²) in [5.74, 6) is 0.389. The molecule has 0 fully saturated rings. The number of hydrogen-bond acceptors (Lipinski definition) is 3. The molecular formula is C24H24N2O3. The van der Waals surface area contributed by atoms with Crippen LogP contribution in [0.5, 0.6) is 5.75 Å². The molecule has 0 bridgehead atoms. The number of carbonyl (C=O) groups is 2. The number of amides is 2. The highest BCUT2D eigenvalue weighted by Crippen LogP contribution is 2.14. The Balaban J connectivity index is 1.37. The van der Waals surface area contributed by atoms with Gasteiger partial charge in [0.05, 0.1) is 0 Å². The smallest absolute Gasteiger partial charge is 0.251 e. The summed E-state index contributed by atoms with van der Waals surface area (Å²) in [5, 5.41) is 5.61. The fourth-order valence-electron chi connectivity index (χ4n) is 2.72. The van der Waals surface area contributed by atoms with E-state index in [4.69, 9.17) is 4.74 Å². The van der Waals surface area contributed by atoms with Gasteiger partial charge in [0, 0.05) is 25.1 Å². The molecule has 0 unspecified atom stereocenters. The maximum absolute atomic E-state index is 12.2. The molecule has 2 N–H and O–H groups in total. The molecule has 29 heavy (non-hydrogen) atoms. The van der Waals surface area contributed by atoms with Crippen molar-refractivity contribution in [3.05, 3.63) is 102 Å². The molecule has 5 nitrogen and oxygen atoms in total. The lowest BCUT2D eigenvalue weighted by molar-refractivity contribution is -0.121. The van der Waals surface area contributed by atoms with E-state index in [-0.39, 0.29) is 24.8 Å². The Hall–Kier alpha value is -3.60. The summed E-state index contributed by atoms with van der Waals surface area (Å²) in [6.45, 7) is 1.24. The van der Waals surface area contributed by atoms with Crippen molar-refractivity contribution in [2.75, 3.05) is 6.54 Å². The Morgan fingerprint density at radius 1 is 0.724 bits per heavy atom. The van der Waals surface area contributed by atoms with Crippen LogP contribution in [0.4, 0.5) is 0 Å². The van der Waals surface area contributed by atoms with Crippen molar-refractivity contribution in [1.29, 1.82) is 0 Å². The van der Waals surface area contributed by atoms with Gasteiger partial charge in [-0.25, -0.2) is 0 Å². The first kappa shape index (κ1) is 20.1. The van der Waals surface area contributed by atoms with Crippen molar-refractivity contribution in [1.82, 2.24) is 10.6 Å². The highest BCUT2D eigenvalue weighted by molar-refractivity contribution is 5.94. The van der Waals surface area contributed by atoms with Crippen molar-refractivity contribution < 1.29 is 14.3 Å². The SMILES string of the molecule is O=C(CCNC(=O)c1ccc(OCc2ccccc2)cc1)NCc1ccccc1. The van der Waals surface area contributed by atoms with Crippen molar-refractivity contribution in [2.45, 2.75) is 19.6 Å². The molecule has 0 spiro atoms. The standard InChI is InChI=1S/C24H24N2O3/c27-23(26-17-19-7-3-1-4-8-19)15-16-25-24(28)21-11-13-22(14-12-21)29-18-20-9-5-2-6-10-20/h1-14H,15-18H2,(H,25,28)(H,26,27). The molecule has 3 aromatic carbocycles. The number of hydrogen-bond donors (Lipinski definition) is 2. The van der Waals surface area contributed by atoms with E-state index < -0.39 is 0 Å². The molecule has 3 rings (SSSR count). The van der Waals surface area contributed by atoms with E-state index in [1.807, 2.05) is 60.7 Å². The van der Waals surface area contributed by atoms with Gasteiger partial charge in [-0.15, -0.1) is 0 Å². The van der Waals surface area contributed by atoms with Gasteiger partial charge >= 0.3 is 0 Å². The van der Waals surface area contributed by atoms with Gasteiger partial charge in [-0.2, -0.15) is 0 Å². The topological polar surface area (TPSA) is 67.4 Å². The van der Waals surface area contributed by atoms with Crippen LogP contribution in [0.2, 0.25) is 0 Å². The molecule has 5 heteroatoms. The van der Waals surface area contributed by atoms with Crippen molar-refractivity contribution in [3.63, 3.8) is 0 Å². The third-order valence-electron chi connectivity index (χ3n) is 4.33. The number of nitrogens with one attached hydrogen (secondary N) is 2. The van der Waals surface area contributed by atoms with Crippen LogP contribution in [-0.4, -0.2) is 18.4 Å². The van der Waals surface area contributed by atoms with Crippen LogP contribution < -0.4 is 15.4 Å². The van der Waals surface area contributed by atoms with Gasteiger partial charge in [0.25, 0.3) is 5.91 Å². The number of rotatable bonds is 9. The third-order valence-corrected chi connectivity index (χ3v) is 4.33. The van der Waals surface area contributed by atoms with E-state index in [0.29, 0.717) is 24.5 Å². The van der Waals surface area contributed by atoms with Gasteiger partial charge in [0.2, 0.25) is 5.91 Å². The average molecular weight is 388 g/mol. The second-order valence-electron chi connectivity index (χ2n) is 6.57. The zero-order chi connectivity index (χ0) is 20.3. The Morgan fingerprint density at radius 3 is 2.00 bits per heavy atom. The first-order valence-electron chi connectivity index (χ1n) is 9.56. The monoisotopic (exact) mass is 388 g/mol. The fourth-order valence-corrected chi connectivity index (χ4v) is 2.72. The second kappa shape index (κ2) is 10.7. The molecule has 0 saturated heterocycles. The van der Waals surface area contributed by atoms with Crippen LogP contribution in [0.25, 0.3) is 0 Å². The molecule has 0 aliphatic carbocycles. The minimum absolute atomic E-state index is 0.0983. The van der Waals surface area contributed by atoms with E-state index >= 15 is 0 Å². The fraction of sp³-hybridized carbons (Fsp3) is 0.167. The summed E-state index contributed by atoms with van der Waals surface area (Å²) in [5.41, 5.74) is 2.65. The largest absolute Gasteiger partial charge is 0.489 e. The van der Waals surface area contributed by atoms with Crippen molar-refractivity contribution in [3.8, 4) is 5.75 Å². The summed E-state index contributed by atoms with van der Waals surface area (Å²) in [6, 6.07) is 26.6. The predicted octanol–water partition coefficient (Wildman–Crippen LogP) is 3.70. The summed E-state index contributed by atoms with van der Waals surface area (Å²) in [7, 11) is 0. The number of benzene rings is 3. The second-order valence-corrected chi connectivity index (χ2v) is 6.57. The molecular weight excluding hydrogens is 364 g/mol. The van der Waals surface area contributed by atoms with E-state index in [9.17, 15) is 9.59 Å². The summed E-state index contributed by atoms with van der Waals surface area (Å²) in [6.07, 6.45) is 0.233. The summed E-state index contributed by atoms with van der Waals surface area (Å²) >= 11 is 0. The van der Waals surface area contributed by atoms with E-state index in [2.05, 4.69) is 10.6 Å². The summed E-state index contributed by atoms with van der Waals surface area (Å²) < 4.78 is 5.72. The Kier molecular flexibility index (Phi) is 7.41. The first-order chi connectivity index (χ1) is 14.2. The predicted molar refractivity (Wildman–Crippen MR) is 112 cm³/mol. The van der Waals surface area contributed by atoms with Gasteiger partial charge in [0.15, 0.2) is 0 Å². The molecule has 3 aromatic rings. The van der Waals surface area contributed by atoms with Crippen LogP contribution in [-0.2, 0) is 17.9 Å². The molecule has 0 aromatic heterocycles. The zero-order valence-corrected chi connectivity index (χ0v) is 16.1. The van der Waals surface area contributed by atoms with Gasteiger partial charge in [-0.1, -0.05) is 60.7 Å². The van der Waals surface area contributed by atoms with Gasteiger partial charge in [0.1, 0.15) is 12.4 Å². The average Bonchev–Trinajstić information content (AvgIpc) is 2.78. The highest BCUT2D eigenvalue weighted by Gasteiger charge is 2.07. The molecule has 0 saturated carbocycles. The minimum Gasteiger partial charge on any atom is -0.489 e. The van der Waals surface area contributed by atoms with E-state index in [0.717, 1.165) is 11.1 Å². The van der Waals surface area contributed by atoms with Gasteiger partial charge < -0.3 is 15.4 Å². The Bertz CT molecular complexity index is 910. The number of ether oxygens (including phenoxy) is 1. The third kappa shape index (κ3) is 6.81. The maximum atomic E-state index is 12.2. The van der Waals surface area contributed by atoms with Gasteiger partial charge in [-0.05, 0) is 35.4 Å². The minimum atomic E-state index is -0.213. The van der Waals surface area contributed by atoms with Gasteiger partial charge in [-0.3, -0.25) is 9.59 Å².